The highest BCUT2D eigenvalue weighted by Crippen LogP contribution is 2.36. The summed E-state index contributed by atoms with van der Waals surface area (Å²) >= 11 is 20.7. The predicted octanol–water partition coefficient (Wildman–Crippen LogP) is 4.35. The van der Waals surface area contributed by atoms with E-state index in [4.69, 9.17) is 39.5 Å². The highest BCUT2D eigenvalue weighted by atomic mass is 79.9. The zero-order valence-corrected chi connectivity index (χ0v) is 16.1. The van der Waals surface area contributed by atoms with Gasteiger partial charge in [-0.05, 0) is 45.8 Å². The molecule has 0 spiro atoms. The lowest BCUT2D eigenvalue weighted by molar-refractivity contribution is -0.123. The van der Waals surface area contributed by atoms with Crippen LogP contribution in [-0.4, -0.2) is 28.9 Å². The van der Waals surface area contributed by atoms with E-state index in [1.807, 2.05) is 0 Å². The maximum Gasteiger partial charge on any atom is 0.277 e. The minimum absolute atomic E-state index is 0.138. The Balaban J connectivity index is 1.93. The Kier molecular flexibility index (Phi) is 6.78. The number of nitrogens with one attached hydrogen (secondary N) is 1. The second-order valence-electron chi connectivity index (χ2n) is 4.65. The summed E-state index contributed by atoms with van der Waals surface area (Å²) in [6, 6.07) is 5.67. The molecule has 0 bridgehead atoms. The summed E-state index contributed by atoms with van der Waals surface area (Å²) in [7, 11) is 0. The van der Waals surface area contributed by atoms with E-state index in [0.29, 0.717) is 10.6 Å². The first-order valence-electron chi connectivity index (χ1n) is 6.58. The molecule has 1 amide bonds. The van der Waals surface area contributed by atoms with Gasteiger partial charge in [-0.25, -0.2) is 5.43 Å². The number of phenolic OH excluding ortho intramolecular Hbond substituents is 2. The normalized spacial score (nSPS) is 10.9. The van der Waals surface area contributed by atoms with E-state index in [-0.39, 0.29) is 38.4 Å². The number of halogens is 4. The molecule has 0 heterocycles. The molecule has 0 aromatic heterocycles. The van der Waals surface area contributed by atoms with Gasteiger partial charge in [0.2, 0.25) is 0 Å². The first kappa shape index (κ1) is 19.7. The van der Waals surface area contributed by atoms with E-state index in [2.05, 4.69) is 26.5 Å². The zero-order chi connectivity index (χ0) is 18.6. The van der Waals surface area contributed by atoms with Gasteiger partial charge in [-0.3, -0.25) is 4.79 Å². The van der Waals surface area contributed by atoms with Crippen molar-refractivity contribution in [1.29, 1.82) is 0 Å². The van der Waals surface area contributed by atoms with Crippen LogP contribution in [0.3, 0.4) is 0 Å². The molecule has 25 heavy (non-hydrogen) atoms. The minimum Gasteiger partial charge on any atom is -0.504 e. The molecule has 3 N–H and O–H groups in total. The van der Waals surface area contributed by atoms with Gasteiger partial charge >= 0.3 is 0 Å². The van der Waals surface area contributed by atoms with E-state index in [9.17, 15) is 15.0 Å². The molecule has 0 fully saturated rings. The van der Waals surface area contributed by atoms with Crippen molar-refractivity contribution in [3.63, 3.8) is 0 Å². The van der Waals surface area contributed by atoms with Crippen LogP contribution >= 0.6 is 50.7 Å². The number of carbonyl (C=O) groups excluding carboxylic acids is 1. The largest absolute Gasteiger partial charge is 0.504 e. The molecule has 0 aliphatic rings. The molecule has 6 nitrogen and oxygen atoms in total. The topological polar surface area (TPSA) is 91.2 Å². The van der Waals surface area contributed by atoms with E-state index in [1.54, 1.807) is 0 Å². The minimum atomic E-state index is -0.555. The lowest BCUT2D eigenvalue weighted by Gasteiger charge is -2.09. The third-order valence-corrected chi connectivity index (χ3v) is 4.16. The van der Waals surface area contributed by atoms with Crippen LogP contribution in [0.4, 0.5) is 0 Å². The molecule has 0 saturated carbocycles. The number of aromatic hydroxyl groups is 2. The average Bonchev–Trinajstić information content (AvgIpc) is 2.51. The third-order valence-electron chi connectivity index (χ3n) is 2.78. The highest BCUT2D eigenvalue weighted by molar-refractivity contribution is 9.10. The number of ether oxygens (including phenoxy) is 1. The Bertz CT molecular complexity index is 800. The van der Waals surface area contributed by atoms with Crippen molar-refractivity contribution >= 4 is 62.9 Å². The van der Waals surface area contributed by atoms with Gasteiger partial charge in [0.05, 0.1) is 20.7 Å². The van der Waals surface area contributed by atoms with Crippen LogP contribution in [0, 0.1) is 0 Å². The number of hydrogen-bond acceptors (Lipinski definition) is 5. The number of rotatable bonds is 5. The molecule has 0 saturated heterocycles. The summed E-state index contributed by atoms with van der Waals surface area (Å²) in [4.78, 5) is 11.7. The molecule has 2 aromatic rings. The quantitative estimate of drug-likeness (QED) is 0.346. The Morgan fingerprint density at radius 3 is 2.44 bits per heavy atom. The van der Waals surface area contributed by atoms with Crippen LogP contribution < -0.4 is 10.2 Å². The molecule has 132 valence electrons. The van der Waals surface area contributed by atoms with Crippen LogP contribution in [0.15, 0.2) is 33.8 Å². The molecule has 2 rings (SSSR count). The van der Waals surface area contributed by atoms with Gasteiger partial charge in [-0.15, -0.1) is 0 Å². The first-order chi connectivity index (χ1) is 11.8. The van der Waals surface area contributed by atoms with Gasteiger partial charge in [0, 0.05) is 5.02 Å². The summed E-state index contributed by atoms with van der Waals surface area (Å²) in [6.45, 7) is -0.372. The van der Waals surface area contributed by atoms with Crippen LogP contribution in [0.1, 0.15) is 5.56 Å². The summed E-state index contributed by atoms with van der Waals surface area (Å²) in [5, 5.41) is 23.3. The van der Waals surface area contributed by atoms with Crippen LogP contribution in [0.2, 0.25) is 15.1 Å². The summed E-state index contributed by atoms with van der Waals surface area (Å²) in [6.07, 6.45) is 1.28. The van der Waals surface area contributed by atoms with E-state index in [1.165, 1.54) is 30.5 Å². The number of hydrazone groups is 1. The van der Waals surface area contributed by atoms with Crippen molar-refractivity contribution in [2.45, 2.75) is 0 Å². The lowest BCUT2D eigenvalue weighted by atomic mass is 10.2. The fraction of sp³-hybridized carbons (Fsp3) is 0.0667. The number of nitrogens with zero attached hydrogens (tertiary/aromatic N) is 1. The Hall–Kier alpha value is -1.67. The van der Waals surface area contributed by atoms with Crippen LogP contribution in [0.5, 0.6) is 17.2 Å². The average molecular weight is 469 g/mol. The van der Waals surface area contributed by atoms with Gasteiger partial charge < -0.3 is 14.9 Å². The van der Waals surface area contributed by atoms with Crippen molar-refractivity contribution in [3.05, 3.63) is 49.4 Å². The van der Waals surface area contributed by atoms with Crippen LogP contribution in [-0.2, 0) is 4.79 Å². The molecule has 0 aliphatic carbocycles. The summed E-state index contributed by atoms with van der Waals surface area (Å²) in [5.41, 5.74) is 2.69. The number of phenols is 2. The maximum atomic E-state index is 11.7. The molecule has 0 unspecified atom stereocenters. The smallest absolute Gasteiger partial charge is 0.277 e. The van der Waals surface area contributed by atoms with Crippen molar-refractivity contribution in [1.82, 2.24) is 5.43 Å². The van der Waals surface area contributed by atoms with E-state index < -0.39 is 5.91 Å². The summed E-state index contributed by atoms with van der Waals surface area (Å²) < 4.78 is 5.54. The molecular weight excluding hydrogens is 458 g/mol. The zero-order valence-electron chi connectivity index (χ0n) is 12.3. The number of amides is 1. The molecule has 2 aromatic carbocycles. The maximum absolute atomic E-state index is 11.7. The number of hydrogen-bond donors (Lipinski definition) is 3. The van der Waals surface area contributed by atoms with Gasteiger partial charge in [-0.2, -0.15) is 5.10 Å². The third kappa shape index (κ3) is 5.40. The lowest BCUT2D eigenvalue weighted by Crippen LogP contribution is -2.24. The Morgan fingerprint density at radius 2 is 1.84 bits per heavy atom. The highest BCUT2D eigenvalue weighted by Gasteiger charge is 2.11. The van der Waals surface area contributed by atoms with Gasteiger partial charge in [-0.1, -0.05) is 34.8 Å². The van der Waals surface area contributed by atoms with Crippen molar-refractivity contribution in [3.8, 4) is 17.2 Å². The van der Waals surface area contributed by atoms with E-state index in [0.717, 1.165) is 0 Å². The summed E-state index contributed by atoms with van der Waals surface area (Å²) in [5.74, 6) is -1.02. The molecule has 10 heteroatoms. The number of carbonyl (C=O) groups is 1. The van der Waals surface area contributed by atoms with Crippen molar-refractivity contribution < 1.29 is 19.7 Å². The standard InChI is InChI=1S/C15H10BrCl3N2O4/c16-9-1-7(2-12(22)14(9)24)5-20-21-13(23)6-25-15-10(18)3-8(17)4-11(15)19/h1-5,22,24H,6H2,(H,21,23)/b20-5+. The van der Waals surface area contributed by atoms with Gasteiger partial charge in [0.1, 0.15) is 0 Å². The number of benzene rings is 2. The molecule has 0 aliphatic heterocycles. The molecular formula is C15H10BrCl3N2O4. The second kappa shape index (κ2) is 8.62. The van der Waals surface area contributed by atoms with Gasteiger partial charge in [0.25, 0.3) is 5.91 Å². The predicted molar refractivity (Wildman–Crippen MR) is 100 cm³/mol. The SMILES string of the molecule is O=C(COc1c(Cl)cc(Cl)cc1Cl)N/N=C/c1cc(O)c(O)c(Br)c1. The fourth-order valence-corrected chi connectivity index (χ4v) is 3.09. The Morgan fingerprint density at radius 1 is 1.20 bits per heavy atom. The first-order valence-corrected chi connectivity index (χ1v) is 8.51. The second-order valence-corrected chi connectivity index (χ2v) is 6.76. The van der Waals surface area contributed by atoms with Crippen LogP contribution in [0.25, 0.3) is 0 Å². The van der Waals surface area contributed by atoms with Gasteiger partial charge in [0.15, 0.2) is 23.9 Å². The molecule has 0 radical (unpaired) electrons. The monoisotopic (exact) mass is 466 g/mol. The van der Waals surface area contributed by atoms with Crippen molar-refractivity contribution in [2.24, 2.45) is 5.10 Å². The van der Waals surface area contributed by atoms with E-state index >= 15 is 0 Å². The Labute approximate surface area is 166 Å². The molecule has 0 atom stereocenters. The fourth-order valence-electron chi connectivity index (χ4n) is 1.70. The van der Waals surface area contributed by atoms with Crippen molar-refractivity contribution in [2.75, 3.05) is 6.61 Å².